The van der Waals surface area contributed by atoms with E-state index in [1.807, 2.05) is 0 Å². The molecule has 0 aromatic carbocycles. The van der Waals surface area contributed by atoms with E-state index in [0.29, 0.717) is 19.3 Å². The van der Waals surface area contributed by atoms with E-state index in [-0.39, 0.29) is 31.1 Å². The molecule has 1 atom stereocenters. The summed E-state index contributed by atoms with van der Waals surface area (Å²) in [7, 11) is 0. The van der Waals surface area contributed by atoms with E-state index in [9.17, 15) is 14.4 Å². The second-order valence-electron chi connectivity index (χ2n) is 22.7. The van der Waals surface area contributed by atoms with E-state index in [1.165, 1.54) is 161 Å². The molecule has 0 heterocycles. The Labute approximate surface area is 490 Å². The van der Waals surface area contributed by atoms with Gasteiger partial charge in [-0.3, -0.25) is 14.4 Å². The summed E-state index contributed by atoms with van der Waals surface area (Å²) >= 11 is 0. The Morgan fingerprint density at radius 2 is 0.519 bits per heavy atom. The molecule has 0 aromatic heterocycles. The summed E-state index contributed by atoms with van der Waals surface area (Å²) in [5.41, 5.74) is 0. The van der Waals surface area contributed by atoms with Gasteiger partial charge in [0.25, 0.3) is 0 Å². The van der Waals surface area contributed by atoms with Gasteiger partial charge in [-0.15, -0.1) is 0 Å². The first-order valence-corrected chi connectivity index (χ1v) is 34.1. The second kappa shape index (κ2) is 67.1. The average molecular weight is 1100 g/mol. The minimum absolute atomic E-state index is 0.0867. The predicted octanol–water partition coefficient (Wildman–Crippen LogP) is 23.4. The highest BCUT2D eigenvalue weighted by atomic mass is 16.6. The van der Waals surface area contributed by atoms with Crippen LogP contribution in [0.5, 0.6) is 0 Å². The van der Waals surface area contributed by atoms with Crippen molar-refractivity contribution in [2.75, 3.05) is 13.2 Å². The van der Waals surface area contributed by atoms with Crippen LogP contribution in [0.3, 0.4) is 0 Å². The molecule has 0 aliphatic rings. The van der Waals surface area contributed by atoms with E-state index < -0.39 is 6.10 Å². The molecular formula is C73H128O6. The normalized spacial score (nSPS) is 12.6. The molecule has 0 aromatic rings. The van der Waals surface area contributed by atoms with Crippen molar-refractivity contribution >= 4 is 17.9 Å². The molecule has 0 aliphatic carbocycles. The van der Waals surface area contributed by atoms with Gasteiger partial charge in [0, 0.05) is 19.3 Å². The lowest BCUT2D eigenvalue weighted by atomic mass is 10.0. The minimum Gasteiger partial charge on any atom is -0.462 e. The number of hydrogen-bond acceptors (Lipinski definition) is 6. The van der Waals surface area contributed by atoms with Gasteiger partial charge in [-0.05, 0) is 89.9 Å². The van der Waals surface area contributed by atoms with Crippen molar-refractivity contribution in [3.63, 3.8) is 0 Å². The number of allylic oxidation sites excluding steroid dienone is 14. The molecule has 0 radical (unpaired) electrons. The van der Waals surface area contributed by atoms with Gasteiger partial charge >= 0.3 is 17.9 Å². The topological polar surface area (TPSA) is 78.9 Å². The lowest BCUT2D eigenvalue weighted by molar-refractivity contribution is -0.167. The van der Waals surface area contributed by atoms with Crippen LogP contribution in [-0.4, -0.2) is 37.2 Å². The first-order valence-electron chi connectivity index (χ1n) is 34.1. The molecule has 6 heteroatoms. The number of hydrogen-bond donors (Lipinski definition) is 0. The largest absolute Gasteiger partial charge is 0.462 e. The zero-order chi connectivity index (χ0) is 57.1. The van der Waals surface area contributed by atoms with E-state index >= 15 is 0 Å². The molecule has 0 aliphatic heterocycles. The van der Waals surface area contributed by atoms with E-state index in [2.05, 4.69) is 106 Å². The van der Waals surface area contributed by atoms with Gasteiger partial charge in [0.05, 0.1) is 0 Å². The van der Waals surface area contributed by atoms with Crippen molar-refractivity contribution in [3.8, 4) is 0 Å². The summed E-state index contributed by atoms with van der Waals surface area (Å²) in [5.74, 6) is -0.906. The van der Waals surface area contributed by atoms with E-state index in [4.69, 9.17) is 14.2 Å². The third kappa shape index (κ3) is 65.3. The summed E-state index contributed by atoms with van der Waals surface area (Å²) in [6, 6.07) is 0. The first-order chi connectivity index (χ1) is 39.0. The number of carbonyl (C=O) groups excluding carboxylic acids is 3. The fraction of sp³-hybridized carbons (Fsp3) is 0.767. The lowest BCUT2D eigenvalue weighted by Gasteiger charge is -2.18. The standard InChI is InChI=1S/C73H128O6/c1-4-7-10-13-16-19-22-25-27-29-31-33-34-35-36-37-38-40-41-43-45-48-51-54-57-60-63-66-72(75)78-69-70(68-77-71(74)65-62-59-56-53-50-47-24-21-18-15-12-9-6-3)79-73(76)67-64-61-58-55-52-49-46-44-42-39-32-30-28-26-23-20-17-14-11-8-5-2/h8,11-12,15,17,20-21,24,26,28,32,39,44,46,70H,4-7,9-10,13-14,16,18-19,22-23,25,27,29-31,33-38,40-43,45,47-69H2,1-3H3/b11-8-,15-12-,20-17-,24-21-,28-26-,39-32-,46-44-. The van der Waals surface area contributed by atoms with Gasteiger partial charge in [-0.25, -0.2) is 0 Å². The van der Waals surface area contributed by atoms with Gasteiger partial charge in [0.1, 0.15) is 13.2 Å². The van der Waals surface area contributed by atoms with Gasteiger partial charge in [-0.2, -0.15) is 0 Å². The molecule has 0 N–H and O–H groups in total. The molecule has 0 saturated carbocycles. The Morgan fingerprint density at radius 1 is 0.266 bits per heavy atom. The molecule has 6 nitrogen and oxygen atoms in total. The van der Waals surface area contributed by atoms with Crippen LogP contribution in [0.4, 0.5) is 0 Å². The maximum Gasteiger partial charge on any atom is 0.306 e. The number of esters is 3. The van der Waals surface area contributed by atoms with Crippen molar-refractivity contribution in [3.05, 3.63) is 85.1 Å². The summed E-state index contributed by atoms with van der Waals surface area (Å²) < 4.78 is 16.9. The molecule has 0 fully saturated rings. The average Bonchev–Trinajstić information content (AvgIpc) is 3.45. The molecule has 0 amide bonds. The maximum atomic E-state index is 12.9. The van der Waals surface area contributed by atoms with Crippen LogP contribution >= 0.6 is 0 Å². The van der Waals surface area contributed by atoms with Gasteiger partial charge in [0.15, 0.2) is 6.10 Å². The second-order valence-corrected chi connectivity index (χ2v) is 22.7. The Bertz CT molecular complexity index is 1500. The zero-order valence-electron chi connectivity index (χ0n) is 52.4. The number of ether oxygens (including phenoxy) is 3. The minimum atomic E-state index is -0.794. The summed E-state index contributed by atoms with van der Waals surface area (Å²) in [4.78, 5) is 38.4. The highest BCUT2D eigenvalue weighted by molar-refractivity contribution is 5.71. The van der Waals surface area contributed by atoms with Crippen LogP contribution in [0.1, 0.15) is 342 Å². The quantitative estimate of drug-likeness (QED) is 0.0261. The van der Waals surface area contributed by atoms with E-state index in [0.717, 1.165) is 141 Å². The van der Waals surface area contributed by atoms with Crippen molar-refractivity contribution in [2.24, 2.45) is 0 Å². The van der Waals surface area contributed by atoms with Crippen LogP contribution in [0, 0.1) is 0 Å². The smallest absolute Gasteiger partial charge is 0.306 e. The molecule has 0 saturated heterocycles. The van der Waals surface area contributed by atoms with E-state index in [1.54, 1.807) is 0 Å². The summed E-state index contributed by atoms with van der Waals surface area (Å²) in [5, 5.41) is 0. The molecule has 1 unspecified atom stereocenters. The Balaban J connectivity index is 4.28. The SMILES string of the molecule is CC/C=C\C/C=C\C/C=C\C/C=C\C/C=C\CCCCCCCC(=O)OC(COC(=O)CCCCCCC/C=C\C/C=C\CCC)COC(=O)CCCCCCCCCCCCCCCCCCCCCCCCCCCCC. The third-order valence-electron chi connectivity index (χ3n) is 14.9. The van der Waals surface area contributed by atoms with Crippen molar-refractivity contribution in [1.29, 1.82) is 0 Å². The molecule has 0 bridgehead atoms. The summed E-state index contributed by atoms with van der Waals surface area (Å²) in [6.07, 6.45) is 89.0. The Hall–Kier alpha value is -3.41. The molecular weight excluding hydrogens is 973 g/mol. The highest BCUT2D eigenvalue weighted by Crippen LogP contribution is 2.18. The lowest BCUT2D eigenvalue weighted by Crippen LogP contribution is -2.30. The molecule has 0 rings (SSSR count). The molecule has 0 spiro atoms. The number of unbranched alkanes of at least 4 members (excludes halogenated alkanes) is 37. The molecule has 456 valence electrons. The fourth-order valence-electron chi connectivity index (χ4n) is 9.80. The highest BCUT2D eigenvalue weighted by Gasteiger charge is 2.19. The zero-order valence-corrected chi connectivity index (χ0v) is 52.4. The third-order valence-corrected chi connectivity index (χ3v) is 14.9. The van der Waals surface area contributed by atoms with Crippen LogP contribution < -0.4 is 0 Å². The van der Waals surface area contributed by atoms with Crippen LogP contribution in [0.15, 0.2) is 85.1 Å². The van der Waals surface area contributed by atoms with Gasteiger partial charge < -0.3 is 14.2 Å². The molecule has 79 heavy (non-hydrogen) atoms. The first kappa shape index (κ1) is 75.6. The van der Waals surface area contributed by atoms with Gasteiger partial charge in [-0.1, -0.05) is 318 Å². The monoisotopic (exact) mass is 1100 g/mol. The van der Waals surface area contributed by atoms with Crippen LogP contribution in [-0.2, 0) is 28.6 Å². The van der Waals surface area contributed by atoms with Crippen molar-refractivity contribution < 1.29 is 28.6 Å². The fourth-order valence-corrected chi connectivity index (χ4v) is 9.80. The Morgan fingerprint density at radius 3 is 0.823 bits per heavy atom. The number of rotatable bonds is 62. The van der Waals surface area contributed by atoms with Crippen molar-refractivity contribution in [2.45, 2.75) is 348 Å². The predicted molar refractivity (Wildman–Crippen MR) is 344 cm³/mol. The van der Waals surface area contributed by atoms with Crippen molar-refractivity contribution in [1.82, 2.24) is 0 Å². The van der Waals surface area contributed by atoms with Gasteiger partial charge in [0.2, 0.25) is 0 Å². The van der Waals surface area contributed by atoms with Crippen LogP contribution in [0.2, 0.25) is 0 Å². The maximum absolute atomic E-state index is 12.9. The Kier molecular flexibility index (Phi) is 64.2. The van der Waals surface area contributed by atoms with Crippen LogP contribution in [0.25, 0.3) is 0 Å². The summed E-state index contributed by atoms with van der Waals surface area (Å²) in [6.45, 7) is 6.48. The number of carbonyl (C=O) groups is 3.